The summed E-state index contributed by atoms with van der Waals surface area (Å²) in [5, 5.41) is 0. The Hall–Kier alpha value is -3.18. The Balaban J connectivity index is 4.35. The summed E-state index contributed by atoms with van der Waals surface area (Å²) in [5.41, 5.74) is 0. The zero-order valence-corrected chi connectivity index (χ0v) is 43.4. The van der Waals surface area contributed by atoms with E-state index in [1.54, 1.807) is 0 Å². The van der Waals surface area contributed by atoms with Crippen LogP contribution in [0.25, 0.3) is 0 Å². The number of unbranched alkanes of at least 4 members (excludes halogenated alkanes) is 23. The molecule has 0 aliphatic heterocycles. The fourth-order valence-corrected chi connectivity index (χ4v) is 7.55. The van der Waals surface area contributed by atoms with Gasteiger partial charge in [-0.2, -0.15) is 0 Å². The van der Waals surface area contributed by atoms with Crippen LogP contribution in [0.2, 0.25) is 0 Å². The lowest BCUT2D eigenvalue weighted by Gasteiger charge is -2.18. The van der Waals surface area contributed by atoms with Crippen molar-refractivity contribution in [1.82, 2.24) is 0 Å². The SMILES string of the molecule is CC/C=C\C/C=C\C/C=C\C/C=C\C/C=C\CCCCCC(=O)OCC(COCCCCCC/C=C\C/C=C\C/C=C\CC)OC(=O)CCCCCCCCCCCCCCCCCCC. The van der Waals surface area contributed by atoms with Gasteiger partial charge in [-0.15, -0.1) is 0 Å². The van der Waals surface area contributed by atoms with Crippen molar-refractivity contribution >= 4 is 11.9 Å². The number of rotatable bonds is 50. The lowest BCUT2D eigenvalue weighted by Crippen LogP contribution is -2.30. The zero-order valence-electron chi connectivity index (χ0n) is 43.4. The van der Waals surface area contributed by atoms with Crippen LogP contribution in [0.3, 0.4) is 0 Å². The molecule has 0 aliphatic rings. The molecule has 0 saturated heterocycles. The molecule has 0 spiro atoms. The van der Waals surface area contributed by atoms with Crippen molar-refractivity contribution in [1.29, 1.82) is 0 Å². The Morgan fingerprint density at radius 3 is 1.11 bits per heavy atom. The van der Waals surface area contributed by atoms with Crippen LogP contribution in [-0.2, 0) is 23.8 Å². The molecule has 5 nitrogen and oxygen atoms in total. The smallest absolute Gasteiger partial charge is 0.306 e. The molecule has 0 fully saturated rings. The van der Waals surface area contributed by atoms with Gasteiger partial charge in [0.15, 0.2) is 6.10 Å². The molecule has 66 heavy (non-hydrogen) atoms. The fourth-order valence-electron chi connectivity index (χ4n) is 7.55. The molecule has 0 aliphatic carbocycles. The predicted molar refractivity (Wildman–Crippen MR) is 288 cm³/mol. The summed E-state index contributed by atoms with van der Waals surface area (Å²) in [4.78, 5) is 25.5. The van der Waals surface area contributed by atoms with Crippen LogP contribution in [-0.4, -0.2) is 37.9 Å². The van der Waals surface area contributed by atoms with Gasteiger partial charge in [-0.25, -0.2) is 0 Å². The van der Waals surface area contributed by atoms with Crippen LogP contribution in [0.15, 0.2) is 97.2 Å². The molecule has 378 valence electrons. The Bertz CT molecular complexity index is 1270. The van der Waals surface area contributed by atoms with Gasteiger partial charge in [0, 0.05) is 19.4 Å². The van der Waals surface area contributed by atoms with Crippen molar-refractivity contribution < 1.29 is 23.8 Å². The molecule has 0 rings (SSSR count). The van der Waals surface area contributed by atoms with E-state index >= 15 is 0 Å². The molecule has 0 aromatic heterocycles. The van der Waals surface area contributed by atoms with Gasteiger partial charge in [-0.05, 0) is 96.3 Å². The van der Waals surface area contributed by atoms with Crippen molar-refractivity contribution in [2.24, 2.45) is 0 Å². The minimum Gasteiger partial charge on any atom is -0.462 e. The van der Waals surface area contributed by atoms with Gasteiger partial charge in [0.25, 0.3) is 0 Å². The quantitative estimate of drug-likeness (QED) is 0.0346. The first-order valence-corrected chi connectivity index (χ1v) is 27.8. The molecule has 1 atom stereocenters. The Morgan fingerprint density at radius 1 is 0.348 bits per heavy atom. The lowest BCUT2D eigenvalue weighted by atomic mass is 10.0. The number of hydrogen-bond acceptors (Lipinski definition) is 5. The van der Waals surface area contributed by atoms with E-state index in [-0.39, 0.29) is 25.2 Å². The highest BCUT2D eigenvalue weighted by atomic mass is 16.6. The number of allylic oxidation sites excluding steroid dienone is 16. The molecule has 0 heterocycles. The van der Waals surface area contributed by atoms with E-state index in [0.717, 1.165) is 109 Å². The minimum atomic E-state index is -0.565. The third-order valence-corrected chi connectivity index (χ3v) is 11.6. The van der Waals surface area contributed by atoms with Crippen LogP contribution < -0.4 is 0 Å². The van der Waals surface area contributed by atoms with Crippen LogP contribution in [0.5, 0.6) is 0 Å². The fraction of sp³-hybridized carbons (Fsp3) is 0.705. The largest absolute Gasteiger partial charge is 0.462 e. The summed E-state index contributed by atoms with van der Waals surface area (Å²) in [5.74, 6) is -0.444. The summed E-state index contributed by atoms with van der Waals surface area (Å²) in [6.07, 6.45) is 75.7. The van der Waals surface area contributed by atoms with E-state index in [1.807, 2.05) is 0 Å². The average molecular weight is 917 g/mol. The van der Waals surface area contributed by atoms with E-state index in [0.29, 0.717) is 19.4 Å². The highest BCUT2D eigenvalue weighted by molar-refractivity contribution is 5.70. The molecule has 0 radical (unpaired) electrons. The normalized spacial score (nSPS) is 13.0. The molecule has 0 N–H and O–H groups in total. The molecule has 0 aromatic carbocycles. The number of esters is 2. The molecular formula is C61H104O5. The van der Waals surface area contributed by atoms with E-state index in [9.17, 15) is 9.59 Å². The Morgan fingerprint density at radius 2 is 0.682 bits per heavy atom. The molecular weight excluding hydrogens is 813 g/mol. The maximum atomic E-state index is 12.8. The second kappa shape index (κ2) is 56.1. The second-order valence-electron chi connectivity index (χ2n) is 18.1. The zero-order chi connectivity index (χ0) is 47.7. The summed E-state index contributed by atoms with van der Waals surface area (Å²) in [6, 6.07) is 0. The maximum Gasteiger partial charge on any atom is 0.306 e. The maximum absolute atomic E-state index is 12.8. The van der Waals surface area contributed by atoms with Crippen LogP contribution in [0, 0.1) is 0 Å². The lowest BCUT2D eigenvalue weighted by molar-refractivity contribution is -0.163. The van der Waals surface area contributed by atoms with Crippen molar-refractivity contribution in [2.75, 3.05) is 19.8 Å². The van der Waals surface area contributed by atoms with E-state index < -0.39 is 6.10 Å². The average Bonchev–Trinajstić information content (AvgIpc) is 3.32. The first-order chi connectivity index (χ1) is 32.6. The topological polar surface area (TPSA) is 61.8 Å². The second-order valence-corrected chi connectivity index (χ2v) is 18.1. The van der Waals surface area contributed by atoms with Gasteiger partial charge in [0.05, 0.1) is 6.61 Å². The predicted octanol–water partition coefficient (Wildman–Crippen LogP) is 19.0. The summed E-state index contributed by atoms with van der Waals surface area (Å²) < 4.78 is 17.4. The number of hydrogen-bond donors (Lipinski definition) is 0. The van der Waals surface area contributed by atoms with Crippen molar-refractivity contribution in [3.8, 4) is 0 Å². The van der Waals surface area contributed by atoms with Crippen LogP contribution >= 0.6 is 0 Å². The van der Waals surface area contributed by atoms with Crippen LogP contribution in [0.4, 0.5) is 0 Å². The number of carbonyl (C=O) groups excluding carboxylic acids is 2. The third kappa shape index (κ3) is 53.4. The number of carbonyl (C=O) groups is 2. The molecule has 0 amide bonds. The Labute approximate surface area is 409 Å². The highest BCUT2D eigenvalue weighted by Gasteiger charge is 2.17. The monoisotopic (exact) mass is 917 g/mol. The van der Waals surface area contributed by atoms with E-state index in [2.05, 4.69) is 118 Å². The van der Waals surface area contributed by atoms with E-state index in [4.69, 9.17) is 14.2 Å². The molecule has 1 unspecified atom stereocenters. The highest BCUT2D eigenvalue weighted by Crippen LogP contribution is 2.15. The van der Waals surface area contributed by atoms with Gasteiger partial charge >= 0.3 is 11.9 Å². The van der Waals surface area contributed by atoms with Gasteiger partial charge in [-0.3, -0.25) is 9.59 Å². The van der Waals surface area contributed by atoms with E-state index in [1.165, 1.54) is 109 Å². The van der Waals surface area contributed by atoms with Crippen molar-refractivity contribution in [2.45, 2.75) is 258 Å². The molecule has 0 bridgehead atoms. The van der Waals surface area contributed by atoms with Crippen LogP contribution in [0.1, 0.15) is 252 Å². The summed E-state index contributed by atoms with van der Waals surface area (Å²) >= 11 is 0. The third-order valence-electron chi connectivity index (χ3n) is 11.6. The summed E-state index contributed by atoms with van der Waals surface area (Å²) in [6.45, 7) is 7.54. The molecule has 5 heteroatoms. The van der Waals surface area contributed by atoms with Gasteiger partial charge in [0.2, 0.25) is 0 Å². The standard InChI is InChI=1S/C61H104O5/c1-4-7-10-13-16-19-22-25-28-30-31-33-34-36-39-42-45-48-51-54-60(62)65-58-59(57-64-56-53-50-47-44-41-38-27-24-21-18-15-12-9-6-3)66-61(63)55-52-49-46-43-40-37-35-32-29-26-23-20-17-14-11-8-5-2/h7,9-10,12,16,18-19,21,25,27-28,31,33,36,38-39,59H,4-6,8,11,13-15,17,20,22-24,26,29-30,32,34-35,37,40-58H2,1-3H3/b10-7-,12-9-,19-16-,21-18-,28-25-,33-31-,38-27-,39-36-. The minimum absolute atomic E-state index is 0.0562. The van der Waals surface area contributed by atoms with Crippen molar-refractivity contribution in [3.05, 3.63) is 97.2 Å². The van der Waals surface area contributed by atoms with Gasteiger partial charge in [0.1, 0.15) is 6.61 Å². The first kappa shape index (κ1) is 62.8. The first-order valence-electron chi connectivity index (χ1n) is 27.8. The number of ether oxygens (including phenoxy) is 3. The molecule has 0 saturated carbocycles. The van der Waals surface area contributed by atoms with Gasteiger partial charge in [-0.1, -0.05) is 240 Å². The molecule has 0 aromatic rings. The van der Waals surface area contributed by atoms with Gasteiger partial charge < -0.3 is 14.2 Å². The van der Waals surface area contributed by atoms with Crippen molar-refractivity contribution in [3.63, 3.8) is 0 Å². The summed E-state index contributed by atoms with van der Waals surface area (Å²) in [7, 11) is 0. The Kier molecular flexibility index (Phi) is 53.4.